The van der Waals surface area contributed by atoms with Crippen LogP contribution in [0, 0.1) is 5.82 Å². The van der Waals surface area contributed by atoms with Crippen molar-refractivity contribution in [3.8, 4) is 5.75 Å². The fourth-order valence-corrected chi connectivity index (χ4v) is 3.98. The van der Waals surface area contributed by atoms with E-state index in [1.54, 1.807) is 12.5 Å². The molecule has 2 N–H and O–H groups in total. The summed E-state index contributed by atoms with van der Waals surface area (Å²) in [6.45, 7) is 0.944. The van der Waals surface area contributed by atoms with Crippen LogP contribution >= 0.6 is 11.6 Å². The summed E-state index contributed by atoms with van der Waals surface area (Å²) in [6, 6.07) is 8.78. The smallest absolute Gasteiger partial charge is 0.261 e. The molecule has 2 aromatic carbocycles. The molecule has 0 fully saturated rings. The Morgan fingerprint density at radius 3 is 2.65 bits per heavy atom. The number of aryl methyl sites for hydroxylation is 1. The van der Waals surface area contributed by atoms with Crippen molar-refractivity contribution in [2.45, 2.75) is 17.9 Å². The Balaban J connectivity index is 1.50. The van der Waals surface area contributed by atoms with Gasteiger partial charge in [0.05, 0.1) is 16.2 Å². The third-order valence-electron chi connectivity index (χ3n) is 4.14. The van der Waals surface area contributed by atoms with Crippen LogP contribution in [0.5, 0.6) is 5.75 Å². The van der Waals surface area contributed by atoms with Gasteiger partial charge in [-0.25, -0.2) is 17.8 Å². The summed E-state index contributed by atoms with van der Waals surface area (Å²) in [5.74, 6) is -0.623. The molecule has 0 unspecified atom stereocenters. The molecular weight excluding hydrogens is 447 g/mol. The molecule has 1 aromatic heterocycles. The van der Waals surface area contributed by atoms with Crippen molar-refractivity contribution in [2.24, 2.45) is 0 Å². The highest BCUT2D eigenvalue weighted by Crippen LogP contribution is 2.28. The number of hydrogen-bond acceptors (Lipinski definition) is 5. The second-order valence-electron chi connectivity index (χ2n) is 6.50. The highest BCUT2D eigenvalue weighted by molar-refractivity contribution is 7.92. The standard InChI is InChI=1S/C20H20ClFN4O4S/c21-18-12-17(31(28,29)25-16-4-2-15(22)3-5-16)6-7-19(18)30-13-20(27)24-8-1-10-26-11-9-23-14-26/h2-7,9,11-12,14,25H,1,8,10,13H2,(H,24,27). The normalized spacial score (nSPS) is 11.2. The van der Waals surface area contributed by atoms with E-state index in [4.69, 9.17) is 16.3 Å². The molecule has 8 nitrogen and oxygen atoms in total. The Bertz CT molecular complexity index is 1120. The molecule has 3 rings (SSSR count). The van der Waals surface area contributed by atoms with Crippen molar-refractivity contribution >= 4 is 33.2 Å². The second kappa shape index (κ2) is 10.3. The Labute approximate surface area is 184 Å². The van der Waals surface area contributed by atoms with Gasteiger partial charge >= 0.3 is 0 Å². The maximum absolute atomic E-state index is 13.0. The Hall–Kier alpha value is -3.11. The lowest BCUT2D eigenvalue weighted by molar-refractivity contribution is -0.123. The molecule has 0 atom stereocenters. The highest BCUT2D eigenvalue weighted by Gasteiger charge is 2.17. The fourth-order valence-electron chi connectivity index (χ4n) is 2.60. The lowest BCUT2D eigenvalue weighted by Gasteiger charge is -2.11. The summed E-state index contributed by atoms with van der Waals surface area (Å²) >= 11 is 6.12. The molecule has 1 amide bonds. The minimum Gasteiger partial charge on any atom is -0.482 e. The van der Waals surface area contributed by atoms with E-state index in [9.17, 15) is 17.6 Å². The first-order valence-electron chi connectivity index (χ1n) is 9.27. The number of imidazole rings is 1. The number of carbonyl (C=O) groups excluding carboxylic acids is 1. The molecule has 31 heavy (non-hydrogen) atoms. The molecule has 0 radical (unpaired) electrons. The number of nitrogens with zero attached hydrogens (tertiary/aromatic N) is 2. The average Bonchev–Trinajstić information content (AvgIpc) is 3.25. The van der Waals surface area contributed by atoms with Crippen molar-refractivity contribution in [1.82, 2.24) is 14.9 Å². The minimum atomic E-state index is -3.93. The zero-order chi connectivity index (χ0) is 22.3. The Morgan fingerprint density at radius 1 is 1.19 bits per heavy atom. The van der Waals surface area contributed by atoms with Gasteiger partial charge in [-0.15, -0.1) is 0 Å². The van der Waals surface area contributed by atoms with Gasteiger partial charge < -0.3 is 14.6 Å². The number of carbonyl (C=O) groups is 1. The largest absolute Gasteiger partial charge is 0.482 e. The number of halogens is 2. The van der Waals surface area contributed by atoms with E-state index >= 15 is 0 Å². The highest BCUT2D eigenvalue weighted by atomic mass is 35.5. The van der Waals surface area contributed by atoms with Crippen LogP contribution in [0.15, 0.2) is 66.1 Å². The number of nitrogens with one attached hydrogen (secondary N) is 2. The molecule has 1 heterocycles. The Kier molecular flexibility index (Phi) is 7.48. The van der Waals surface area contributed by atoms with Gasteiger partial charge in [0.15, 0.2) is 6.61 Å². The molecule has 3 aromatic rings. The zero-order valence-corrected chi connectivity index (χ0v) is 17.9. The van der Waals surface area contributed by atoms with Gasteiger partial charge in [0.1, 0.15) is 11.6 Å². The monoisotopic (exact) mass is 466 g/mol. The molecule has 0 saturated carbocycles. The lowest BCUT2D eigenvalue weighted by Crippen LogP contribution is -2.30. The SMILES string of the molecule is O=C(COc1ccc(S(=O)(=O)Nc2ccc(F)cc2)cc1Cl)NCCCn1ccnc1. The third-order valence-corrected chi connectivity index (χ3v) is 5.82. The van der Waals surface area contributed by atoms with Crippen LogP contribution in [0.25, 0.3) is 0 Å². The van der Waals surface area contributed by atoms with Gasteiger partial charge in [-0.05, 0) is 48.9 Å². The molecule has 0 aliphatic rings. The number of aromatic nitrogens is 2. The van der Waals surface area contributed by atoms with Crippen molar-refractivity contribution in [1.29, 1.82) is 0 Å². The third kappa shape index (κ3) is 6.69. The number of anilines is 1. The van der Waals surface area contributed by atoms with E-state index in [1.807, 2.05) is 10.8 Å². The van der Waals surface area contributed by atoms with Gasteiger partial charge in [-0.1, -0.05) is 11.6 Å². The number of amides is 1. The van der Waals surface area contributed by atoms with Crippen LogP contribution in [0.2, 0.25) is 5.02 Å². The Morgan fingerprint density at radius 2 is 1.97 bits per heavy atom. The number of rotatable bonds is 10. The summed E-state index contributed by atoms with van der Waals surface area (Å²) < 4.78 is 47.5. The quantitative estimate of drug-likeness (QED) is 0.447. The van der Waals surface area contributed by atoms with Crippen molar-refractivity contribution in [3.63, 3.8) is 0 Å². The van der Waals surface area contributed by atoms with Gasteiger partial charge in [-0.3, -0.25) is 9.52 Å². The van der Waals surface area contributed by atoms with Crippen molar-refractivity contribution < 1.29 is 22.3 Å². The minimum absolute atomic E-state index is 0.0369. The van der Waals surface area contributed by atoms with Gasteiger partial charge in [0.25, 0.3) is 15.9 Å². The second-order valence-corrected chi connectivity index (χ2v) is 8.59. The maximum Gasteiger partial charge on any atom is 0.261 e. The predicted molar refractivity (Wildman–Crippen MR) is 114 cm³/mol. The number of sulfonamides is 1. The number of hydrogen-bond donors (Lipinski definition) is 2. The molecule has 0 aliphatic carbocycles. The van der Waals surface area contributed by atoms with E-state index in [1.165, 1.54) is 30.3 Å². The lowest BCUT2D eigenvalue weighted by atomic mass is 10.3. The van der Waals surface area contributed by atoms with Gasteiger partial charge in [0, 0.05) is 31.2 Å². The van der Waals surface area contributed by atoms with Crippen LogP contribution in [-0.4, -0.2) is 37.0 Å². The molecular formula is C20H20ClFN4O4S. The van der Waals surface area contributed by atoms with E-state index in [0.717, 1.165) is 25.1 Å². The summed E-state index contributed by atoms with van der Waals surface area (Å²) in [7, 11) is -3.93. The van der Waals surface area contributed by atoms with Crippen LogP contribution in [0.3, 0.4) is 0 Å². The number of ether oxygens (including phenoxy) is 1. The van der Waals surface area contributed by atoms with E-state index in [2.05, 4.69) is 15.0 Å². The molecule has 164 valence electrons. The maximum atomic E-state index is 13.0. The zero-order valence-electron chi connectivity index (χ0n) is 16.3. The first kappa shape index (κ1) is 22.6. The van der Waals surface area contributed by atoms with Gasteiger partial charge in [-0.2, -0.15) is 0 Å². The van der Waals surface area contributed by atoms with Crippen LogP contribution in [-0.2, 0) is 21.4 Å². The summed E-state index contributed by atoms with van der Waals surface area (Å²) in [5.41, 5.74) is 0.211. The van der Waals surface area contributed by atoms with Crippen LogP contribution in [0.1, 0.15) is 6.42 Å². The number of benzene rings is 2. The summed E-state index contributed by atoms with van der Waals surface area (Å²) in [5, 5.41) is 2.77. The van der Waals surface area contributed by atoms with Crippen LogP contribution < -0.4 is 14.8 Å². The van der Waals surface area contributed by atoms with Crippen molar-refractivity contribution in [3.05, 3.63) is 72.0 Å². The molecule has 0 bridgehead atoms. The van der Waals surface area contributed by atoms with E-state index < -0.39 is 15.8 Å². The summed E-state index contributed by atoms with van der Waals surface area (Å²) in [4.78, 5) is 15.8. The van der Waals surface area contributed by atoms with Crippen molar-refractivity contribution in [2.75, 3.05) is 17.9 Å². The molecule has 0 aliphatic heterocycles. The topological polar surface area (TPSA) is 102 Å². The summed E-state index contributed by atoms with van der Waals surface area (Å²) in [6.07, 6.45) is 5.96. The molecule has 0 spiro atoms. The molecule has 0 saturated heterocycles. The average molecular weight is 467 g/mol. The fraction of sp³-hybridized carbons (Fsp3) is 0.200. The molecule has 11 heteroatoms. The van der Waals surface area contributed by atoms with Crippen LogP contribution in [0.4, 0.5) is 10.1 Å². The first-order chi connectivity index (χ1) is 14.8. The van der Waals surface area contributed by atoms with E-state index in [0.29, 0.717) is 6.54 Å². The van der Waals surface area contributed by atoms with E-state index in [-0.39, 0.29) is 33.9 Å². The van der Waals surface area contributed by atoms with Gasteiger partial charge in [0.2, 0.25) is 0 Å². The predicted octanol–water partition coefficient (Wildman–Crippen LogP) is 3.06. The first-order valence-corrected chi connectivity index (χ1v) is 11.1.